The predicted octanol–water partition coefficient (Wildman–Crippen LogP) is 3.10. The molecular weight excluding hydrogens is 272 g/mol. The van der Waals surface area contributed by atoms with Crippen LogP contribution in [0.2, 0.25) is 0 Å². The number of rotatable bonds is 7. The summed E-state index contributed by atoms with van der Waals surface area (Å²) in [6.45, 7) is 6.25. The zero-order valence-electron chi connectivity index (χ0n) is 13.4. The first-order valence-electron chi connectivity index (χ1n) is 7.72. The van der Waals surface area contributed by atoms with Gasteiger partial charge in [-0.1, -0.05) is 54.1 Å². The Morgan fingerprint density at radius 2 is 1.82 bits per heavy atom. The van der Waals surface area contributed by atoms with E-state index < -0.39 is 0 Å². The van der Waals surface area contributed by atoms with Crippen molar-refractivity contribution in [1.29, 1.82) is 0 Å². The average molecular weight is 296 g/mol. The molecule has 0 heterocycles. The molecule has 2 N–H and O–H groups in total. The molecule has 3 heteroatoms. The molecule has 0 saturated carbocycles. The molecule has 0 aromatic heterocycles. The largest absolute Gasteiger partial charge is 0.352 e. The Balaban J connectivity index is 1.65. The Bertz CT molecular complexity index is 622. The third kappa shape index (κ3) is 5.34. The van der Waals surface area contributed by atoms with Crippen molar-refractivity contribution in [3.63, 3.8) is 0 Å². The molecule has 0 unspecified atom stereocenters. The van der Waals surface area contributed by atoms with Crippen LogP contribution < -0.4 is 10.6 Å². The van der Waals surface area contributed by atoms with E-state index in [0.717, 1.165) is 12.1 Å². The lowest BCUT2D eigenvalue weighted by molar-refractivity contribution is -0.121. The lowest BCUT2D eigenvalue weighted by Gasteiger charge is -2.08. The van der Waals surface area contributed by atoms with E-state index in [9.17, 15) is 4.79 Å². The van der Waals surface area contributed by atoms with Crippen molar-refractivity contribution < 1.29 is 4.79 Å². The van der Waals surface area contributed by atoms with Crippen molar-refractivity contribution in [2.45, 2.75) is 33.4 Å². The van der Waals surface area contributed by atoms with E-state index in [1.807, 2.05) is 24.3 Å². The fourth-order valence-corrected chi connectivity index (χ4v) is 2.34. The van der Waals surface area contributed by atoms with Gasteiger partial charge in [-0.15, -0.1) is 0 Å². The van der Waals surface area contributed by atoms with E-state index >= 15 is 0 Å². The van der Waals surface area contributed by atoms with Crippen LogP contribution >= 0.6 is 0 Å². The van der Waals surface area contributed by atoms with Gasteiger partial charge in [0.05, 0.1) is 0 Å². The zero-order chi connectivity index (χ0) is 15.8. The molecule has 0 atom stereocenters. The van der Waals surface area contributed by atoms with Crippen LogP contribution in [-0.2, 0) is 17.9 Å². The number of carbonyl (C=O) groups excluding carboxylic acids is 1. The van der Waals surface area contributed by atoms with Crippen LogP contribution in [0.25, 0.3) is 0 Å². The maximum Gasteiger partial charge on any atom is 0.221 e. The second-order valence-corrected chi connectivity index (χ2v) is 5.62. The highest BCUT2D eigenvalue weighted by Crippen LogP contribution is 2.06. The molecule has 22 heavy (non-hydrogen) atoms. The first-order valence-corrected chi connectivity index (χ1v) is 7.72. The van der Waals surface area contributed by atoms with E-state index in [4.69, 9.17) is 0 Å². The number of amides is 1. The summed E-state index contributed by atoms with van der Waals surface area (Å²) in [4.78, 5) is 11.8. The summed E-state index contributed by atoms with van der Waals surface area (Å²) in [6.07, 6.45) is 0.498. The summed E-state index contributed by atoms with van der Waals surface area (Å²) in [5.74, 6) is 0.0822. The lowest BCUT2D eigenvalue weighted by Crippen LogP contribution is -2.27. The molecule has 0 aliphatic heterocycles. The molecule has 0 spiro atoms. The number of hydrogen-bond acceptors (Lipinski definition) is 2. The van der Waals surface area contributed by atoms with Gasteiger partial charge in [0, 0.05) is 26.1 Å². The Kier molecular flexibility index (Phi) is 6.16. The number of aryl methyl sites for hydroxylation is 2. The molecule has 0 aliphatic rings. The van der Waals surface area contributed by atoms with Gasteiger partial charge in [-0.05, 0) is 30.5 Å². The maximum atomic E-state index is 11.8. The van der Waals surface area contributed by atoms with E-state index in [0.29, 0.717) is 19.5 Å². The highest BCUT2D eigenvalue weighted by atomic mass is 16.1. The summed E-state index contributed by atoms with van der Waals surface area (Å²) in [5, 5.41) is 6.28. The minimum absolute atomic E-state index is 0.0822. The zero-order valence-corrected chi connectivity index (χ0v) is 13.4. The van der Waals surface area contributed by atoms with Gasteiger partial charge in [-0.2, -0.15) is 0 Å². The Morgan fingerprint density at radius 1 is 1.00 bits per heavy atom. The van der Waals surface area contributed by atoms with Crippen LogP contribution in [0.4, 0.5) is 0 Å². The van der Waals surface area contributed by atoms with Gasteiger partial charge in [0.25, 0.3) is 0 Å². The highest BCUT2D eigenvalue weighted by molar-refractivity contribution is 5.76. The number of nitrogens with one attached hydrogen (secondary N) is 2. The van der Waals surface area contributed by atoms with E-state index in [1.54, 1.807) is 0 Å². The predicted molar refractivity (Wildman–Crippen MR) is 90.5 cm³/mol. The summed E-state index contributed by atoms with van der Waals surface area (Å²) in [5.41, 5.74) is 4.91. The van der Waals surface area contributed by atoms with Gasteiger partial charge >= 0.3 is 0 Å². The fourth-order valence-electron chi connectivity index (χ4n) is 2.34. The van der Waals surface area contributed by atoms with Gasteiger partial charge in [0.2, 0.25) is 5.91 Å². The highest BCUT2D eigenvalue weighted by Gasteiger charge is 2.02. The monoisotopic (exact) mass is 296 g/mol. The van der Waals surface area contributed by atoms with Crippen molar-refractivity contribution >= 4 is 5.91 Å². The maximum absolute atomic E-state index is 11.8. The first kappa shape index (κ1) is 16.2. The molecule has 0 saturated heterocycles. The summed E-state index contributed by atoms with van der Waals surface area (Å²) >= 11 is 0. The standard InChI is InChI=1S/C19H24N2O/c1-15-6-5-8-17(12-15)13-21-19(22)10-11-20-14-18-9-4-3-7-16(18)2/h3-9,12,20H,10-11,13-14H2,1-2H3,(H,21,22). The average Bonchev–Trinajstić information content (AvgIpc) is 2.51. The quantitative estimate of drug-likeness (QED) is 0.771. The molecule has 0 radical (unpaired) electrons. The summed E-state index contributed by atoms with van der Waals surface area (Å²) in [7, 11) is 0. The molecule has 3 nitrogen and oxygen atoms in total. The van der Waals surface area contributed by atoms with Crippen molar-refractivity contribution in [2.75, 3.05) is 6.54 Å². The van der Waals surface area contributed by atoms with Crippen LogP contribution in [0.1, 0.15) is 28.7 Å². The Labute approximate surface area is 132 Å². The van der Waals surface area contributed by atoms with Gasteiger partial charge in [0.1, 0.15) is 0 Å². The third-order valence-corrected chi connectivity index (χ3v) is 3.68. The second kappa shape index (κ2) is 8.35. The van der Waals surface area contributed by atoms with Crippen LogP contribution in [0, 0.1) is 13.8 Å². The second-order valence-electron chi connectivity index (χ2n) is 5.62. The SMILES string of the molecule is Cc1cccc(CNC(=O)CCNCc2ccccc2C)c1. The van der Waals surface area contributed by atoms with Crippen molar-refractivity contribution in [3.8, 4) is 0 Å². The normalized spacial score (nSPS) is 10.5. The lowest BCUT2D eigenvalue weighted by atomic mass is 10.1. The van der Waals surface area contributed by atoms with Crippen molar-refractivity contribution in [1.82, 2.24) is 10.6 Å². The first-order chi connectivity index (χ1) is 10.6. The van der Waals surface area contributed by atoms with Gasteiger partial charge in [-0.25, -0.2) is 0 Å². The minimum Gasteiger partial charge on any atom is -0.352 e. The molecule has 0 bridgehead atoms. The smallest absolute Gasteiger partial charge is 0.221 e. The third-order valence-electron chi connectivity index (χ3n) is 3.68. The summed E-state index contributed by atoms with van der Waals surface area (Å²) < 4.78 is 0. The van der Waals surface area contributed by atoms with Crippen molar-refractivity contribution in [2.24, 2.45) is 0 Å². The number of carbonyl (C=O) groups is 1. The van der Waals surface area contributed by atoms with E-state index in [2.05, 4.69) is 48.7 Å². The Morgan fingerprint density at radius 3 is 2.59 bits per heavy atom. The van der Waals surface area contributed by atoms with Crippen molar-refractivity contribution in [3.05, 3.63) is 70.8 Å². The van der Waals surface area contributed by atoms with Gasteiger partial charge in [-0.3, -0.25) is 4.79 Å². The number of benzene rings is 2. The van der Waals surface area contributed by atoms with Crippen LogP contribution in [0.5, 0.6) is 0 Å². The van der Waals surface area contributed by atoms with E-state index in [-0.39, 0.29) is 5.91 Å². The molecule has 2 rings (SSSR count). The molecule has 116 valence electrons. The minimum atomic E-state index is 0.0822. The Hall–Kier alpha value is -2.13. The van der Waals surface area contributed by atoms with Crippen LogP contribution in [0.15, 0.2) is 48.5 Å². The molecule has 1 amide bonds. The topological polar surface area (TPSA) is 41.1 Å². The molecular formula is C19H24N2O. The molecule has 2 aromatic rings. The van der Waals surface area contributed by atoms with Crippen LogP contribution in [-0.4, -0.2) is 12.5 Å². The summed E-state index contributed by atoms with van der Waals surface area (Å²) in [6, 6.07) is 16.5. The fraction of sp³-hybridized carbons (Fsp3) is 0.316. The molecule has 0 fully saturated rings. The number of hydrogen-bond donors (Lipinski definition) is 2. The molecule has 0 aliphatic carbocycles. The van der Waals surface area contributed by atoms with Crippen LogP contribution in [0.3, 0.4) is 0 Å². The van der Waals surface area contributed by atoms with Gasteiger partial charge < -0.3 is 10.6 Å². The molecule has 2 aromatic carbocycles. The van der Waals surface area contributed by atoms with Gasteiger partial charge in [0.15, 0.2) is 0 Å². The van der Waals surface area contributed by atoms with E-state index in [1.165, 1.54) is 16.7 Å².